The van der Waals surface area contributed by atoms with Crippen molar-refractivity contribution in [3.8, 4) is 11.4 Å². The molecule has 0 spiro atoms. The predicted octanol–water partition coefficient (Wildman–Crippen LogP) is 3.76. The average Bonchev–Trinajstić information content (AvgIpc) is 3.23. The smallest absolute Gasteiger partial charge is 0.141 e. The molecule has 25 heavy (non-hydrogen) atoms. The Morgan fingerprint density at radius 1 is 1.04 bits per heavy atom. The van der Waals surface area contributed by atoms with Crippen LogP contribution in [0.3, 0.4) is 0 Å². The van der Waals surface area contributed by atoms with Crippen LogP contribution in [0, 0.1) is 10.5 Å². The molecule has 1 aromatic carbocycles. The largest absolute Gasteiger partial charge is 0.346 e. The van der Waals surface area contributed by atoms with Gasteiger partial charge in [0.2, 0.25) is 0 Å². The van der Waals surface area contributed by atoms with E-state index in [1.54, 1.807) is 11.1 Å². The third-order valence-electron chi connectivity index (χ3n) is 4.14. The minimum atomic E-state index is 0.786. The summed E-state index contributed by atoms with van der Waals surface area (Å²) in [7, 11) is 0. The average molecular weight is 444 g/mol. The van der Waals surface area contributed by atoms with E-state index in [4.69, 9.17) is 0 Å². The third kappa shape index (κ3) is 3.41. The highest BCUT2D eigenvalue weighted by molar-refractivity contribution is 14.1. The molecule has 0 aliphatic rings. The van der Waals surface area contributed by atoms with Gasteiger partial charge in [-0.05, 0) is 66.1 Å². The number of aryl methyl sites for hydroxylation is 3. The van der Waals surface area contributed by atoms with Crippen molar-refractivity contribution >= 4 is 33.6 Å². The second-order valence-corrected chi connectivity index (χ2v) is 7.17. The molecule has 1 N–H and O–H groups in total. The number of nitrogens with one attached hydrogen (secondary N) is 1. The van der Waals surface area contributed by atoms with Crippen LogP contribution >= 0.6 is 22.6 Å². The van der Waals surface area contributed by atoms with Gasteiger partial charge in [0.15, 0.2) is 0 Å². The molecule has 0 unspecified atom stereocenters. The maximum atomic E-state index is 4.66. The van der Waals surface area contributed by atoms with Crippen molar-refractivity contribution in [2.24, 2.45) is 0 Å². The summed E-state index contributed by atoms with van der Waals surface area (Å²) in [5, 5.41) is 10.2. The Morgan fingerprint density at radius 3 is 2.72 bits per heavy atom. The normalized spacial score (nSPS) is 11.3. The Hall–Kier alpha value is -2.29. The van der Waals surface area contributed by atoms with Crippen LogP contribution in [0.1, 0.15) is 17.7 Å². The van der Waals surface area contributed by atoms with E-state index in [-0.39, 0.29) is 0 Å². The molecule has 126 valence electrons. The van der Waals surface area contributed by atoms with Crippen molar-refractivity contribution in [1.29, 1.82) is 0 Å². The summed E-state index contributed by atoms with van der Waals surface area (Å²) in [5.41, 5.74) is 4.69. The molecule has 0 amide bonds. The van der Waals surface area contributed by atoms with E-state index < -0.39 is 0 Å². The maximum Gasteiger partial charge on any atom is 0.141 e. The number of fused-ring (bicyclic) bond motifs is 1. The van der Waals surface area contributed by atoms with Crippen LogP contribution in [0.4, 0.5) is 0 Å². The van der Waals surface area contributed by atoms with Gasteiger partial charge >= 0.3 is 0 Å². The molecule has 6 nitrogen and oxygen atoms in total. The maximum absolute atomic E-state index is 4.66. The van der Waals surface area contributed by atoms with Crippen molar-refractivity contribution in [3.63, 3.8) is 0 Å². The Labute approximate surface area is 158 Å². The van der Waals surface area contributed by atoms with Crippen molar-refractivity contribution in [2.75, 3.05) is 0 Å². The number of aromatic amines is 1. The predicted molar refractivity (Wildman–Crippen MR) is 105 cm³/mol. The molecule has 4 aromatic rings. The van der Waals surface area contributed by atoms with Gasteiger partial charge < -0.3 is 4.98 Å². The topological polar surface area (TPSA) is 72.3 Å². The van der Waals surface area contributed by atoms with E-state index in [0.29, 0.717) is 0 Å². The van der Waals surface area contributed by atoms with Crippen LogP contribution in [0.5, 0.6) is 0 Å². The Morgan fingerprint density at radius 2 is 1.88 bits per heavy atom. The van der Waals surface area contributed by atoms with E-state index >= 15 is 0 Å². The summed E-state index contributed by atoms with van der Waals surface area (Å²) in [6.45, 7) is 2.76. The molecular weight excluding hydrogens is 427 g/mol. The number of rotatable bonds is 5. The van der Waals surface area contributed by atoms with E-state index in [0.717, 1.165) is 47.5 Å². The fourth-order valence-electron chi connectivity index (χ4n) is 2.89. The lowest BCUT2D eigenvalue weighted by Gasteiger charge is -2.02. The van der Waals surface area contributed by atoms with Crippen LogP contribution in [0.25, 0.3) is 22.4 Å². The molecule has 0 radical (unpaired) electrons. The van der Waals surface area contributed by atoms with Gasteiger partial charge in [-0.2, -0.15) is 15.0 Å². The molecular formula is C18H17IN6. The Balaban J connectivity index is 1.50. The number of hydrogen-bond donors (Lipinski definition) is 1. The first-order valence-corrected chi connectivity index (χ1v) is 9.23. The van der Waals surface area contributed by atoms with Gasteiger partial charge in [0.1, 0.15) is 23.4 Å². The molecule has 0 saturated heterocycles. The highest BCUT2D eigenvalue weighted by Crippen LogP contribution is 2.24. The number of halogens is 1. The van der Waals surface area contributed by atoms with Crippen molar-refractivity contribution in [2.45, 2.75) is 26.3 Å². The Bertz CT molecular complexity index is 1000. The summed E-state index contributed by atoms with van der Waals surface area (Å²) >= 11 is 2.32. The molecule has 0 aliphatic heterocycles. The number of aromatic nitrogens is 6. The lowest BCUT2D eigenvalue weighted by molar-refractivity contribution is 0.511. The first-order chi connectivity index (χ1) is 12.2. The van der Waals surface area contributed by atoms with Crippen LogP contribution in [0.15, 0.2) is 42.9 Å². The zero-order valence-corrected chi connectivity index (χ0v) is 15.9. The number of benzene rings is 1. The molecule has 0 bridgehead atoms. The molecule has 0 atom stereocenters. The molecule has 3 heterocycles. The number of H-pyrrole nitrogens is 1. The molecule has 3 aromatic heterocycles. The lowest BCUT2D eigenvalue weighted by atomic mass is 10.1. The highest BCUT2D eigenvalue weighted by atomic mass is 127. The van der Waals surface area contributed by atoms with Gasteiger partial charge in [0, 0.05) is 15.2 Å². The molecule has 0 fully saturated rings. The van der Waals surface area contributed by atoms with Crippen LogP contribution in [-0.4, -0.2) is 29.9 Å². The summed E-state index contributed by atoms with van der Waals surface area (Å²) in [4.78, 5) is 13.5. The first-order valence-electron chi connectivity index (χ1n) is 8.15. The molecule has 4 rings (SSSR count). The first kappa shape index (κ1) is 16.2. The van der Waals surface area contributed by atoms with E-state index in [1.165, 1.54) is 9.13 Å². The monoisotopic (exact) mass is 444 g/mol. The second kappa shape index (κ2) is 6.91. The summed E-state index contributed by atoms with van der Waals surface area (Å²) in [5.74, 6) is 0. The zero-order valence-electron chi connectivity index (χ0n) is 13.8. The minimum absolute atomic E-state index is 0.786. The highest BCUT2D eigenvalue weighted by Gasteiger charge is 2.14. The summed E-state index contributed by atoms with van der Waals surface area (Å²) < 4.78 is 1.26. The van der Waals surface area contributed by atoms with Gasteiger partial charge in [-0.3, -0.25) is 0 Å². The number of hydrogen-bond acceptors (Lipinski definition) is 4. The SMILES string of the molecule is Cc1nn(CCCc2ccc(I)cc2)nc1-c1ncnc2[nH]ccc12. The molecule has 0 aliphatic carbocycles. The second-order valence-electron chi connectivity index (χ2n) is 5.92. The lowest BCUT2D eigenvalue weighted by Crippen LogP contribution is -2.04. The van der Waals surface area contributed by atoms with Gasteiger partial charge in [-0.1, -0.05) is 12.1 Å². The third-order valence-corrected chi connectivity index (χ3v) is 4.86. The molecule has 7 heteroatoms. The van der Waals surface area contributed by atoms with Crippen LogP contribution in [0.2, 0.25) is 0 Å². The fraction of sp³-hybridized carbons (Fsp3) is 0.222. The van der Waals surface area contributed by atoms with E-state index in [1.807, 2.05) is 19.2 Å². The summed E-state index contributed by atoms with van der Waals surface area (Å²) in [6.07, 6.45) is 5.44. The van der Waals surface area contributed by atoms with E-state index in [9.17, 15) is 0 Å². The quantitative estimate of drug-likeness (QED) is 0.476. The zero-order chi connectivity index (χ0) is 17.2. The van der Waals surface area contributed by atoms with Crippen LogP contribution in [-0.2, 0) is 13.0 Å². The van der Waals surface area contributed by atoms with Crippen molar-refractivity contribution in [3.05, 3.63) is 57.7 Å². The minimum Gasteiger partial charge on any atom is -0.346 e. The van der Waals surface area contributed by atoms with Crippen LogP contribution < -0.4 is 0 Å². The standard InChI is InChI=1S/C18H17IN6/c1-12-16(17-15-8-9-20-18(15)22-11-21-17)24-25(23-12)10-2-3-13-4-6-14(19)7-5-13/h4-9,11H,2-3,10H2,1H3,(H,20,21,22). The number of nitrogens with zero attached hydrogens (tertiary/aromatic N) is 5. The van der Waals surface area contributed by atoms with E-state index in [2.05, 4.69) is 72.0 Å². The Kier molecular flexibility index (Phi) is 4.48. The fourth-order valence-corrected chi connectivity index (χ4v) is 3.25. The van der Waals surface area contributed by atoms with Gasteiger partial charge in [-0.25, -0.2) is 9.97 Å². The molecule has 0 saturated carbocycles. The summed E-state index contributed by atoms with van der Waals surface area (Å²) in [6, 6.07) is 10.6. The van der Waals surface area contributed by atoms with Gasteiger partial charge in [-0.15, -0.1) is 0 Å². The van der Waals surface area contributed by atoms with Crippen molar-refractivity contribution < 1.29 is 0 Å². The van der Waals surface area contributed by atoms with Crippen molar-refractivity contribution in [1.82, 2.24) is 29.9 Å². The van der Waals surface area contributed by atoms with Gasteiger partial charge in [0.05, 0.1) is 12.2 Å². The van der Waals surface area contributed by atoms with Gasteiger partial charge in [0.25, 0.3) is 0 Å².